The number of aromatic amines is 1. The van der Waals surface area contributed by atoms with Crippen LogP contribution in [-0.4, -0.2) is 9.97 Å². The number of rotatable bonds is 3. The lowest BCUT2D eigenvalue weighted by molar-refractivity contribution is 0.997. The van der Waals surface area contributed by atoms with Gasteiger partial charge in [0.2, 0.25) is 0 Å². The van der Waals surface area contributed by atoms with Crippen LogP contribution in [0.15, 0.2) is 12.1 Å². The van der Waals surface area contributed by atoms with Crippen LogP contribution in [0.25, 0.3) is 10.9 Å². The van der Waals surface area contributed by atoms with Crippen LogP contribution in [0, 0.1) is 0 Å². The van der Waals surface area contributed by atoms with Gasteiger partial charge in [-0.15, -0.1) is 0 Å². The van der Waals surface area contributed by atoms with Crippen LogP contribution in [-0.2, 0) is 19.3 Å². The van der Waals surface area contributed by atoms with E-state index < -0.39 is 0 Å². The highest BCUT2D eigenvalue weighted by Gasteiger charge is 2.09. The first-order chi connectivity index (χ1) is 7.30. The van der Waals surface area contributed by atoms with Crippen molar-refractivity contribution in [1.82, 2.24) is 9.97 Å². The molecule has 0 radical (unpaired) electrons. The third-order valence-electron chi connectivity index (χ3n) is 2.94. The molecule has 80 valence electrons. The van der Waals surface area contributed by atoms with E-state index in [9.17, 15) is 0 Å². The summed E-state index contributed by atoms with van der Waals surface area (Å²) in [5, 5.41) is 1.30. The first-order valence-electron chi connectivity index (χ1n) is 5.79. The zero-order valence-corrected chi connectivity index (χ0v) is 9.72. The summed E-state index contributed by atoms with van der Waals surface area (Å²) in [6, 6.07) is 4.34. The summed E-state index contributed by atoms with van der Waals surface area (Å²) in [4.78, 5) is 8.18. The van der Waals surface area contributed by atoms with Crippen molar-refractivity contribution in [2.24, 2.45) is 0 Å². The second kappa shape index (κ2) is 4.05. The molecule has 0 amide bonds. The summed E-state index contributed by atoms with van der Waals surface area (Å²) < 4.78 is 0. The van der Waals surface area contributed by atoms with Crippen LogP contribution in [0.5, 0.6) is 0 Å². The zero-order valence-electron chi connectivity index (χ0n) is 9.72. The molecule has 0 saturated heterocycles. The predicted molar refractivity (Wildman–Crippen MR) is 64.2 cm³/mol. The predicted octanol–water partition coefficient (Wildman–Crippen LogP) is 3.25. The Kier molecular flexibility index (Phi) is 2.76. The molecule has 2 heterocycles. The van der Waals surface area contributed by atoms with Gasteiger partial charge in [-0.3, -0.25) is 4.98 Å². The van der Waals surface area contributed by atoms with Gasteiger partial charge < -0.3 is 4.98 Å². The maximum absolute atomic E-state index is 4.70. The summed E-state index contributed by atoms with van der Waals surface area (Å²) >= 11 is 0. The number of hydrogen-bond donors (Lipinski definition) is 1. The number of aryl methyl sites for hydroxylation is 3. The number of fused-ring (bicyclic) bond motifs is 1. The molecule has 0 aromatic carbocycles. The highest BCUT2D eigenvalue weighted by Crippen LogP contribution is 2.22. The molecule has 2 aromatic rings. The summed E-state index contributed by atoms with van der Waals surface area (Å²) in [6.45, 7) is 6.50. The molecule has 2 rings (SSSR count). The van der Waals surface area contributed by atoms with Gasteiger partial charge in [0.05, 0.1) is 5.52 Å². The van der Waals surface area contributed by atoms with Gasteiger partial charge in [-0.1, -0.05) is 20.8 Å². The van der Waals surface area contributed by atoms with E-state index in [1.807, 2.05) is 0 Å². The van der Waals surface area contributed by atoms with Crippen molar-refractivity contribution in [3.63, 3.8) is 0 Å². The first-order valence-corrected chi connectivity index (χ1v) is 5.79. The quantitative estimate of drug-likeness (QED) is 0.813. The standard InChI is InChI=1S/C13H18N2/c1-4-9-7-8-10-11(5-2)15-12(6-3)13(10)14-9/h7-8,15H,4-6H2,1-3H3. The second-order valence-electron chi connectivity index (χ2n) is 3.84. The average molecular weight is 202 g/mol. The Bertz CT molecular complexity index is 469. The minimum absolute atomic E-state index is 1.01. The fourth-order valence-electron chi connectivity index (χ4n) is 2.01. The molecule has 1 N–H and O–H groups in total. The lowest BCUT2D eigenvalue weighted by Crippen LogP contribution is -1.88. The first kappa shape index (κ1) is 10.2. The van der Waals surface area contributed by atoms with Gasteiger partial charge in [-0.2, -0.15) is 0 Å². The van der Waals surface area contributed by atoms with Gasteiger partial charge >= 0.3 is 0 Å². The third-order valence-corrected chi connectivity index (χ3v) is 2.94. The lowest BCUT2D eigenvalue weighted by atomic mass is 10.1. The van der Waals surface area contributed by atoms with Crippen molar-refractivity contribution in [1.29, 1.82) is 0 Å². The van der Waals surface area contributed by atoms with E-state index >= 15 is 0 Å². The van der Waals surface area contributed by atoms with E-state index in [1.54, 1.807) is 0 Å². The van der Waals surface area contributed by atoms with Crippen LogP contribution < -0.4 is 0 Å². The van der Waals surface area contributed by atoms with Gasteiger partial charge in [-0.05, 0) is 31.4 Å². The van der Waals surface area contributed by atoms with Crippen LogP contribution in [0.3, 0.4) is 0 Å². The Balaban J connectivity index is 2.68. The fourth-order valence-corrected chi connectivity index (χ4v) is 2.01. The van der Waals surface area contributed by atoms with Crippen LogP contribution in [0.4, 0.5) is 0 Å². The van der Waals surface area contributed by atoms with Gasteiger partial charge in [0.15, 0.2) is 0 Å². The molecule has 0 spiro atoms. The highest BCUT2D eigenvalue weighted by molar-refractivity contribution is 5.84. The number of nitrogens with one attached hydrogen (secondary N) is 1. The van der Waals surface area contributed by atoms with E-state index in [4.69, 9.17) is 4.98 Å². The number of hydrogen-bond acceptors (Lipinski definition) is 1. The summed E-state index contributed by atoms with van der Waals surface area (Å²) in [7, 11) is 0. The molecule has 0 aliphatic rings. The SMILES string of the molecule is CCc1ccc2c(CC)[nH]c(CC)c2n1. The normalized spacial score (nSPS) is 11.1. The molecule has 0 atom stereocenters. The van der Waals surface area contributed by atoms with Gasteiger partial charge in [0.25, 0.3) is 0 Å². The fraction of sp³-hybridized carbons (Fsp3) is 0.462. The van der Waals surface area contributed by atoms with E-state index in [0.717, 1.165) is 19.3 Å². The van der Waals surface area contributed by atoms with Crippen LogP contribution >= 0.6 is 0 Å². The molecule has 0 saturated carbocycles. The molecule has 15 heavy (non-hydrogen) atoms. The Labute approximate surface area is 90.7 Å². The van der Waals surface area contributed by atoms with Crippen molar-refractivity contribution >= 4 is 10.9 Å². The van der Waals surface area contributed by atoms with Crippen molar-refractivity contribution in [3.8, 4) is 0 Å². The summed E-state index contributed by atoms with van der Waals surface area (Å²) in [5.74, 6) is 0. The molecule has 0 aliphatic heterocycles. The smallest absolute Gasteiger partial charge is 0.0915 e. The number of H-pyrrole nitrogens is 1. The molecule has 2 nitrogen and oxygen atoms in total. The molecule has 0 bridgehead atoms. The lowest BCUT2D eigenvalue weighted by Gasteiger charge is -1.98. The van der Waals surface area contributed by atoms with E-state index in [0.29, 0.717) is 0 Å². The zero-order chi connectivity index (χ0) is 10.8. The minimum Gasteiger partial charge on any atom is -0.360 e. The topological polar surface area (TPSA) is 28.7 Å². The molecule has 0 fully saturated rings. The molecule has 0 aliphatic carbocycles. The second-order valence-corrected chi connectivity index (χ2v) is 3.84. The van der Waals surface area contributed by atoms with Crippen LogP contribution in [0.2, 0.25) is 0 Å². The van der Waals surface area contributed by atoms with Crippen molar-refractivity contribution in [2.75, 3.05) is 0 Å². The Hall–Kier alpha value is -1.31. The van der Waals surface area contributed by atoms with Crippen molar-refractivity contribution in [2.45, 2.75) is 40.0 Å². The van der Waals surface area contributed by atoms with Crippen molar-refractivity contribution < 1.29 is 0 Å². The van der Waals surface area contributed by atoms with E-state index in [1.165, 1.54) is 28.0 Å². The number of nitrogens with zero attached hydrogens (tertiary/aromatic N) is 1. The maximum atomic E-state index is 4.70. The largest absolute Gasteiger partial charge is 0.360 e. The van der Waals surface area contributed by atoms with Gasteiger partial charge in [0.1, 0.15) is 0 Å². The average Bonchev–Trinajstić information content (AvgIpc) is 2.65. The molecule has 0 unspecified atom stereocenters. The Morgan fingerprint density at radius 3 is 2.33 bits per heavy atom. The van der Waals surface area contributed by atoms with Crippen LogP contribution in [0.1, 0.15) is 37.9 Å². The van der Waals surface area contributed by atoms with E-state index in [2.05, 4.69) is 37.9 Å². The summed E-state index contributed by atoms with van der Waals surface area (Å²) in [5.41, 5.74) is 4.95. The Morgan fingerprint density at radius 2 is 1.73 bits per heavy atom. The number of pyridine rings is 1. The Morgan fingerprint density at radius 1 is 1.00 bits per heavy atom. The minimum atomic E-state index is 1.01. The molecular formula is C13H18N2. The van der Waals surface area contributed by atoms with Gasteiger partial charge in [0, 0.05) is 22.5 Å². The summed E-state index contributed by atoms with van der Waals surface area (Å²) in [6.07, 6.45) is 3.08. The highest BCUT2D eigenvalue weighted by atomic mass is 14.8. The third kappa shape index (κ3) is 1.65. The monoisotopic (exact) mass is 202 g/mol. The molecule has 2 aromatic heterocycles. The van der Waals surface area contributed by atoms with Crippen molar-refractivity contribution in [3.05, 3.63) is 29.2 Å². The molecule has 2 heteroatoms. The van der Waals surface area contributed by atoms with E-state index in [-0.39, 0.29) is 0 Å². The molecular weight excluding hydrogens is 184 g/mol. The van der Waals surface area contributed by atoms with Gasteiger partial charge in [-0.25, -0.2) is 0 Å². The number of aromatic nitrogens is 2. The maximum Gasteiger partial charge on any atom is 0.0915 e.